The van der Waals surface area contributed by atoms with Crippen LogP contribution in [-0.2, 0) is 22.7 Å². The second-order valence-corrected chi connectivity index (χ2v) is 9.22. The van der Waals surface area contributed by atoms with Crippen molar-refractivity contribution in [1.29, 1.82) is 0 Å². The third kappa shape index (κ3) is 5.05. The number of hydrogen-bond donors (Lipinski definition) is 1. The summed E-state index contributed by atoms with van der Waals surface area (Å²) in [6, 6.07) is 25.3. The second-order valence-electron chi connectivity index (χ2n) is 9.22. The minimum absolute atomic E-state index is 0.0499. The normalized spacial score (nSPS) is 16.8. The van der Waals surface area contributed by atoms with Crippen LogP contribution in [0.1, 0.15) is 39.6 Å². The van der Waals surface area contributed by atoms with Gasteiger partial charge >= 0.3 is 0 Å². The van der Waals surface area contributed by atoms with E-state index >= 15 is 0 Å². The van der Waals surface area contributed by atoms with Crippen molar-refractivity contribution in [1.82, 2.24) is 4.90 Å². The van der Waals surface area contributed by atoms with E-state index in [0.717, 1.165) is 22.3 Å². The number of benzene rings is 3. The number of furan rings is 1. The number of nitrogens with zero attached hydrogens (tertiary/aromatic N) is 1. The van der Waals surface area contributed by atoms with Gasteiger partial charge in [0.2, 0.25) is 0 Å². The van der Waals surface area contributed by atoms with E-state index in [1.807, 2.05) is 56.3 Å². The van der Waals surface area contributed by atoms with Crippen molar-refractivity contribution in [2.45, 2.75) is 33.0 Å². The standard InChI is InChI=1S/C31H27NO5/c1-20-8-10-23(11-9-20)28-27(30(34)31(35)32(28)18-26-7-4-16-36-26)29(33)24-12-14-25(15-13-24)37-19-22-6-3-5-21(2)17-22/h3-17,28,33H,18-19H2,1-2H3/b29-27+. The summed E-state index contributed by atoms with van der Waals surface area (Å²) in [7, 11) is 0. The van der Waals surface area contributed by atoms with Gasteiger partial charge in [-0.05, 0) is 61.4 Å². The highest BCUT2D eigenvalue weighted by Crippen LogP contribution is 2.40. The van der Waals surface area contributed by atoms with Gasteiger partial charge in [0.1, 0.15) is 23.9 Å². The average molecular weight is 494 g/mol. The molecule has 0 aliphatic carbocycles. The molecule has 6 heteroatoms. The van der Waals surface area contributed by atoms with Gasteiger partial charge in [0.05, 0.1) is 24.4 Å². The molecule has 4 aromatic rings. The molecule has 0 spiro atoms. The number of hydrogen-bond acceptors (Lipinski definition) is 5. The Morgan fingerprint density at radius 1 is 0.919 bits per heavy atom. The van der Waals surface area contributed by atoms with Gasteiger partial charge in [0.25, 0.3) is 11.7 Å². The Morgan fingerprint density at radius 3 is 2.35 bits per heavy atom. The molecular formula is C31H27NO5. The maximum Gasteiger partial charge on any atom is 0.296 e. The minimum atomic E-state index is -0.747. The quantitative estimate of drug-likeness (QED) is 0.191. The zero-order valence-electron chi connectivity index (χ0n) is 20.7. The number of Topliss-reactive ketones (excluding diaryl/α,β-unsaturated/α-hetero) is 1. The summed E-state index contributed by atoms with van der Waals surface area (Å²) >= 11 is 0. The molecule has 1 unspecified atom stereocenters. The third-order valence-corrected chi connectivity index (χ3v) is 6.46. The summed E-state index contributed by atoms with van der Waals surface area (Å²) in [5.74, 6) is -0.451. The Kier molecular flexibility index (Phi) is 6.64. The van der Waals surface area contributed by atoms with Crippen molar-refractivity contribution in [2.24, 2.45) is 0 Å². The predicted molar refractivity (Wildman–Crippen MR) is 140 cm³/mol. The fourth-order valence-electron chi connectivity index (χ4n) is 4.54. The highest BCUT2D eigenvalue weighted by Gasteiger charge is 2.46. The molecule has 5 rings (SSSR count). The van der Waals surface area contributed by atoms with Crippen LogP contribution in [0.3, 0.4) is 0 Å². The van der Waals surface area contributed by atoms with Crippen LogP contribution in [0.2, 0.25) is 0 Å². The van der Waals surface area contributed by atoms with E-state index in [4.69, 9.17) is 9.15 Å². The van der Waals surface area contributed by atoms with E-state index in [1.165, 1.54) is 11.2 Å². The summed E-state index contributed by atoms with van der Waals surface area (Å²) in [5, 5.41) is 11.3. The SMILES string of the molecule is Cc1ccc(C2/C(=C(\O)c3ccc(OCc4cccc(C)c4)cc3)C(=O)C(=O)N2Cc2ccco2)cc1. The Bertz CT molecular complexity index is 1450. The Balaban J connectivity index is 1.46. The fraction of sp³-hybridized carbons (Fsp3) is 0.161. The van der Waals surface area contributed by atoms with Gasteiger partial charge in [-0.1, -0.05) is 59.7 Å². The van der Waals surface area contributed by atoms with E-state index in [1.54, 1.807) is 36.4 Å². The van der Waals surface area contributed by atoms with Crippen LogP contribution in [0.4, 0.5) is 0 Å². The van der Waals surface area contributed by atoms with Crippen LogP contribution in [0.15, 0.2) is 101 Å². The first-order chi connectivity index (χ1) is 17.9. The van der Waals surface area contributed by atoms with Crippen LogP contribution < -0.4 is 4.74 Å². The summed E-state index contributed by atoms with van der Waals surface area (Å²) < 4.78 is 11.3. The molecule has 37 heavy (non-hydrogen) atoms. The van der Waals surface area contributed by atoms with Crippen molar-refractivity contribution < 1.29 is 23.8 Å². The van der Waals surface area contributed by atoms with E-state index in [2.05, 4.69) is 6.07 Å². The molecular weight excluding hydrogens is 466 g/mol. The number of rotatable bonds is 7. The van der Waals surface area contributed by atoms with Gasteiger partial charge in [0.15, 0.2) is 0 Å². The lowest BCUT2D eigenvalue weighted by Crippen LogP contribution is -2.29. The molecule has 1 atom stereocenters. The topological polar surface area (TPSA) is 80.0 Å². The molecule has 6 nitrogen and oxygen atoms in total. The van der Waals surface area contributed by atoms with Crippen molar-refractivity contribution in [3.8, 4) is 5.75 Å². The number of carbonyl (C=O) groups is 2. The van der Waals surface area contributed by atoms with Gasteiger partial charge < -0.3 is 19.2 Å². The maximum atomic E-state index is 13.2. The van der Waals surface area contributed by atoms with Crippen LogP contribution in [0.5, 0.6) is 5.75 Å². The van der Waals surface area contributed by atoms with Gasteiger partial charge in [0, 0.05) is 5.56 Å². The first kappa shape index (κ1) is 24.1. The monoisotopic (exact) mass is 493 g/mol. The van der Waals surface area contributed by atoms with Crippen molar-refractivity contribution in [3.63, 3.8) is 0 Å². The van der Waals surface area contributed by atoms with Gasteiger partial charge in [-0.2, -0.15) is 0 Å². The third-order valence-electron chi connectivity index (χ3n) is 6.46. The van der Waals surface area contributed by atoms with E-state index < -0.39 is 17.7 Å². The van der Waals surface area contributed by atoms with E-state index in [-0.39, 0.29) is 17.9 Å². The molecule has 1 N–H and O–H groups in total. The number of aliphatic hydroxyl groups is 1. The number of carbonyl (C=O) groups excluding carboxylic acids is 2. The van der Waals surface area contributed by atoms with Crippen LogP contribution in [0, 0.1) is 13.8 Å². The Morgan fingerprint density at radius 2 is 1.68 bits per heavy atom. The van der Waals surface area contributed by atoms with Gasteiger partial charge in [-0.3, -0.25) is 9.59 Å². The van der Waals surface area contributed by atoms with Gasteiger partial charge in [-0.25, -0.2) is 0 Å². The highest BCUT2D eigenvalue weighted by molar-refractivity contribution is 6.46. The molecule has 1 fully saturated rings. The Labute approximate surface area is 215 Å². The van der Waals surface area contributed by atoms with E-state index in [0.29, 0.717) is 23.7 Å². The van der Waals surface area contributed by atoms with Crippen LogP contribution in [-0.4, -0.2) is 21.7 Å². The van der Waals surface area contributed by atoms with Crippen molar-refractivity contribution in [3.05, 3.63) is 130 Å². The Hall–Kier alpha value is -4.58. The molecule has 3 aromatic carbocycles. The summed E-state index contributed by atoms with van der Waals surface area (Å²) in [6.07, 6.45) is 1.52. The van der Waals surface area contributed by atoms with Crippen LogP contribution >= 0.6 is 0 Å². The van der Waals surface area contributed by atoms with Crippen LogP contribution in [0.25, 0.3) is 5.76 Å². The molecule has 1 amide bonds. The summed E-state index contributed by atoms with van der Waals surface area (Å²) in [6.45, 7) is 4.52. The first-order valence-corrected chi connectivity index (χ1v) is 12.1. The number of amides is 1. The molecule has 0 saturated carbocycles. The summed E-state index contributed by atoms with van der Waals surface area (Å²) in [5.41, 5.74) is 4.48. The van der Waals surface area contributed by atoms with Crippen molar-refractivity contribution in [2.75, 3.05) is 0 Å². The molecule has 186 valence electrons. The summed E-state index contributed by atoms with van der Waals surface area (Å²) in [4.78, 5) is 27.7. The molecule has 1 saturated heterocycles. The molecule has 1 aliphatic rings. The maximum absolute atomic E-state index is 13.2. The fourth-order valence-corrected chi connectivity index (χ4v) is 4.54. The largest absolute Gasteiger partial charge is 0.507 e. The minimum Gasteiger partial charge on any atom is -0.507 e. The molecule has 1 aliphatic heterocycles. The lowest BCUT2D eigenvalue weighted by molar-refractivity contribution is -0.140. The molecule has 1 aromatic heterocycles. The average Bonchev–Trinajstić information content (AvgIpc) is 3.50. The zero-order chi connectivity index (χ0) is 25.9. The molecule has 0 bridgehead atoms. The van der Waals surface area contributed by atoms with Crippen molar-refractivity contribution >= 4 is 17.4 Å². The molecule has 0 radical (unpaired) electrons. The first-order valence-electron chi connectivity index (χ1n) is 12.1. The highest BCUT2D eigenvalue weighted by atomic mass is 16.5. The number of aliphatic hydroxyl groups excluding tert-OH is 1. The lowest BCUT2D eigenvalue weighted by Gasteiger charge is -2.24. The van der Waals surface area contributed by atoms with Gasteiger partial charge in [-0.15, -0.1) is 0 Å². The number of likely N-dealkylation sites (tertiary alicyclic amines) is 1. The predicted octanol–water partition coefficient (Wildman–Crippen LogP) is 6.10. The second kappa shape index (κ2) is 10.2. The number of ether oxygens (including phenoxy) is 1. The number of aryl methyl sites for hydroxylation is 2. The number of ketones is 1. The molecule has 2 heterocycles. The smallest absolute Gasteiger partial charge is 0.296 e. The van der Waals surface area contributed by atoms with E-state index in [9.17, 15) is 14.7 Å². The zero-order valence-corrected chi connectivity index (χ0v) is 20.7. The lowest BCUT2D eigenvalue weighted by atomic mass is 9.94.